The van der Waals surface area contributed by atoms with E-state index in [0.29, 0.717) is 25.7 Å². The summed E-state index contributed by atoms with van der Waals surface area (Å²) in [7, 11) is -5.70. The van der Waals surface area contributed by atoms with E-state index in [1.807, 2.05) is 0 Å². The van der Waals surface area contributed by atoms with Crippen LogP contribution in [0.5, 0.6) is 0 Å². The number of hydrogen-bond acceptors (Lipinski definition) is 23. The van der Waals surface area contributed by atoms with Gasteiger partial charge < -0.3 is 89.1 Å². The quantitative estimate of drug-likeness (QED) is 0.00889. The van der Waals surface area contributed by atoms with Gasteiger partial charge in [0.05, 0.1) is 13.2 Å². The van der Waals surface area contributed by atoms with Crippen LogP contribution in [0.2, 0.25) is 0 Å². The Morgan fingerprint density at radius 3 is 1.16 bits per heavy atom. The maximum Gasteiger partial charge on any atom is 0.472 e. The normalized spacial score (nSPS) is 28.4. The van der Waals surface area contributed by atoms with Gasteiger partial charge in [-0.25, -0.2) is 4.57 Å². The molecule has 25 heteroatoms. The minimum absolute atomic E-state index is 0.00750. The largest absolute Gasteiger partial charge is 0.472 e. The van der Waals surface area contributed by atoms with Crippen molar-refractivity contribution in [1.29, 1.82) is 0 Å². The van der Waals surface area contributed by atoms with Crippen molar-refractivity contribution in [3.05, 3.63) is 24.3 Å². The van der Waals surface area contributed by atoms with Crippen molar-refractivity contribution < 1.29 is 117 Å². The third-order valence-electron chi connectivity index (χ3n) is 17.7. The van der Waals surface area contributed by atoms with Gasteiger partial charge >= 0.3 is 25.7 Å². The highest BCUT2D eigenvalue weighted by Crippen LogP contribution is 2.49. The van der Waals surface area contributed by atoms with Gasteiger partial charge in [-0.3, -0.25) is 23.4 Å². The monoisotopic (exact) mass is 1370 g/mol. The van der Waals surface area contributed by atoms with Crippen LogP contribution < -0.4 is 0 Å². The molecular formula is C69H125O24P. The van der Waals surface area contributed by atoms with Gasteiger partial charge in [0.1, 0.15) is 98.7 Å². The van der Waals surface area contributed by atoms with Crippen molar-refractivity contribution in [2.45, 2.75) is 369 Å². The van der Waals surface area contributed by atoms with Crippen LogP contribution in [0.1, 0.15) is 265 Å². The summed E-state index contributed by atoms with van der Waals surface area (Å²) in [6.45, 7) is 3.38. The highest BCUT2D eigenvalue weighted by Gasteiger charge is 2.58. The highest BCUT2D eigenvalue weighted by molar-refractivity contribution is 7.47. The number of esters is 3. The van der Waals surface area contributed by atoms with Gasteiger partial charge in [0.15, 0.2) is 18.7 Å². The Morgan fingerprint density at radius 1 is 0.404 bits per heavy atom. The number of ether oxygens (including phenoxy) is 7. The molecule has 2 heterocycles. The molecule has 1 aliphatic carbocycles. The summed E-state index contributed by atoms with van der Waals surface area (Å²) in [6.07, 6.45) is 9.87. The van der Waals surface area contributed by atoms with Gasteiger partial charge in [0, 0.05) is 19.3 Å². The van der Waals surface area contributed by atoms with E-state index in [9.17, 15) is 74.9 Å². The first-order chi connectivity index (χ1) is 45.3. The molecule has 3 fully saturated rings. The predicted molar refractivity (Wildman–Crippen MR) is 351 cm³/mol. The zero-order valence-electron chi connectivity index (χ0n) is 57.0. The summed E-state index contributed by atoms with van der Waals surface area (Å²) in [5.74, 6) is -2.02. The smallest absolute Gasteiger partial charge is 0.463 e. The first-order valence-electron chi connectivity index (χ1n) is 36.1. The minimum Gasteiger partial charge on any atom is -0.463 e. The fourth-order valence-corrected chi connectivity index (χ4v) is 12.7. The van der Waals surface area contributed by atoms with Gasteiger partial charge in [0.25, 0.3) is 0 Å². The van der Waals surface area contributed by atoms with Crippen molar-refractivity contribution in [3.63, 3.8) is 0 Å². The first kappa shape index (κ1) is 85.7. The predicted octanol–water partition coefficient (Wildman–Crippen LogP) is 8.96. The van der Waals surface area contributed by atoms with E-state index >= 15 is 0 Å². The lowest BCUT2D eigenvalue weighted by Gasteiger charge is -2.49. The zero-order valence-corrected chi connectivity index (χ0v) is 57.9. The highest BCUT2D eigenvalue weighted by atomic mass is 31.2. The Morgan fingerprint density at radius 2 is 0.745 bits per heavy atom. The van der Waals surface area contributed by atoms with Gasteiger partial charge in [0.2, 0.25) is 0 Å². The molecule has 550 valence electrons. The molecule has 0 aromatic heterocycles. The van der Waals surface area contributed by atoms with Crippen molar-refractivity contribution in [3.8, 4) is 0 Å². The van der Waals surface area contributed by atoms with Crippen LogP contribution in [-0.2, 0) is 61.2 Å². The van der Waals surface area contributed by atoms with E-state index in [1.165, 1.54) is 109 Å². The minimum atomic E-state index is -5.70. The molecule has 18 unspecified atom stereocenters. The van der Waals surface area contributed by atoms with E-state index in [-0.39, 0.29) is 19.3 Å². The molecule has 18 atom stereocenters. The maximum atomic E-state index is 14.3. The molecule has 11 N–H and O–H groups in total. The number of unbranched alkanes of at least 4 members (excludes halogenated alkanes) is 30. The van der Waals surface area contributed by atoms with Crippen molar-refractivity contribution in [2.24, 2.45) is 0 Å². The van der Waals surface area contributed by atoms with Gasteiger partial charge in [-0.2, -0.15) is 0 Å². The molecule has 2 saturated heterocycles. The van der Waals surface area contributed by atoms with E-state index in [2.05, 4.69) is 45.1 Å². The van der Waals surface area contributed by atoms with Crippen LogP contribution in [0.3, 0.4) is 0 Å². The van der Waals surface area contributed by atoms with E-state index in [0.717, 1.165) is 89.9 Å². The number of aliphatic hydroxyl groups is 10. The molecule has 0 radical (unpaired) electrons. The van der Waals surface area contributed by atoms with Crippen LogP contribution in [-0.4, -0.2) is 204 Å². The number of phosphoric acid groups is 1. The zero-order chi connectivity index (χ0) is 68.9. The lowest BCUT2D eigenvalue weighted by atomic mass is 9.84. The summed E-state index contributed by atoms with van der Waals surface area (Å²) >= 11 is 0. The number of carbonyl (C=O) groups excluding carboxylic acids is 3. The fourth-order valence-electron chi connectivity index (χ4n) is 11.7. The Hall–Kier alpha value is -2.56. The molecule has 0 amide bonds. The second-order valence-electron chi connectivity index (χ2n) is 25.9. The molecule has 2 aliphatic heterocycles. The van der Waals surface area contributed by atoms with Gasteiger partial charge in [-0.05, 0) is 70.6 Å². The third-order valence-corrected chi connectivity index (χ3v) is 18.7. The summed E-state index contributed by atoms with van der Waals surface area (Å²) < 4.78 is 64.8. The summed E-state index contributed by atoms with van der Waals surface area (Å²) in [5.41, 5.74) is 0. The molecule has 1 saturated carbocycles. The molecule has 0 aromatic rings. The summed E-state index contributed by atoms with van der Waals surface area (Å²) in [4.78, 5) is 50.8. The van der Waals surface area contributed by atoms with Crippen LogP contribution in [0, 0.1) is 0 Å². The van der Waals surface area contributed by atoms with Gasteiger partial charge in [-0.1, -0.05) is 199 Å². The van der Waals surface area contributed by atoms with Crippen molar-refractivity contribution >= 4 is 25.7 Å². The summed E-state index contributed by atoms with van der Waals surface area (Å²) in [6, 6.07) is 0. The standard InChI is InChI=1S/C69H125O24P/c1-4-7-10-13-16-19-22-25-28-31-34-37-40-43-53(71)85-47-50(88-55(73)45-42-39-36-33-30-27-24-21-18-15-12-9-6-3)48-87-94(83,84)93-67-65(91-68-63(81)58(76)56(74)51(46-70)89-68)61(79)60(78)62(80)66(67)92-69-64(82)59(77)57(75)52(90-69)49-86-54(72)44-41-38-35-32-29-26-23-20-17-14-11-8-5-2/h26-27,29-30,50-52,56-70,74-82H,4-25,28,31-49H2,1-3H3,(H,83,84)/b29-26-,30-27-. The van der Waals surface area contributed by atoms with Crippen LogP contribution in [0.4, 0.5) is 0 Å². The molecular weight excluding hydrogens is 1240 g/mol. The van der Waals surface area contributed by atoms with Crippen LogP contribution in [0.15, 0.2) is 24.3 Å². The summed E-state index contributed by atoms with van der Waals surface area (Å²) in [5, 5.41) is 110. The number of hydrogen-bond donors (Lipinski definition) is 11. The third kappa shape index (κ3) is 35.0. The number of aliphatic hydroxyl groups excluding tert-OH is 10. The van der Waals surface area contributed by atoms with Crippen LogP contribution >= 0.6 is 7.82 Å². The van der Waals surface area contributed by atoms with E-state index in [1.54, 1.807) is 0 Å². The molecule has 0 aromatic carbocycles. The second-order valence-corrected chi connectivity index (χ2v) is 27.4. The number of rotatable bonds is 55. The van der Waals surface area contributed by atoms with Gasteiger partial charge in [-0.15, -0.1) is 0 Å². The van der Waals surface area contributed by atoms with Crippen molar-refractivity contribution in [1.82, 2.24) is 0 Å². The van der Waals surface area contributed by atoms with Crippen LogP contribution in [0.25, 0.3) is 0 Å². The molecule has 3 rings (SSSR count). The average molecular weight is 1370 g/mol. The topological polar surface area (TPSA) is 374 Å². The molecule has 0 spiro atoms. The number of carbonyl (C=O) groups is 3. The number of phosphoric ester groups is 1. The Bertz CT molecular complexity index is 2050. The number of allylic oxidation sites excluding steroid dienone is 4. The van der Waals surface area contributed by atoms with E-state index < -0.39 is 156 Å². The average Bonchev–Trinajstić information content (AvgIpc) is 0.766. The SMILES string of the molecule is CCCCCCCC/C=C\CCCCCC(=O)OCC1OC(OC2C(O)C(O)C(O)C(OC3OC(CO)C(O)C(O)C3O)C2OP(=O)(O)OCC(COC(=O)CCCCCCCCCCCCCCC)OC(=O)CCCCC/C=C\CCCCCCCC)C(O)C(O)C1O. The van der Waals surface area contributed by atoms with Crippen molar-refractivity contribution in [2.75, 3.05) is 26.4 Å². The molecule has 94 heavy (non-hydrogen) atoms. The lowest BCUT2D eigenvalue weighted by Crippen LogP contribution is -2.69. The maximum absolute atomic E-state index is 14.3. The van der Waals surface area contributed by atoms with E-state index in [4.69, 9.17) is 42.2 Å². The lowest BCUT2D eigenvalue weighted by molar-refractivity contribution is -0.360. The Kier molecular flexibility index (Phi) is 47.0. The molecule has 0 bridgehead atoms. The molecule has 3 aliphatic rings. The fraction of sp³-hybridized carbons (Fsp3) is 0.899. The Labute approximate surface area is 560 Å². The Balaban J connectivity index is 1.76. The second kappa shape index (κ2) is 51.6. The first-order valence-corrected chi connectivity index (χ1v) is 37.6. The molecule has 24 nitrogen and oxygen atoms in total.